The number of aromatic nitrogens is 1. The predicted molar refractivity (Wildman–Crippen MR) is 82.5 cm³/mol. The van der Waals surface area contributed by atoms with Crippen molar-refractivity contribution < 1.29 is 4.79 Å². The summed E-state index contributed by atoms with van der Waals surface area (Å²) < 4.78 is 0. The van der Waals surface area contributed by atoms with Crippen LogP contribution in [0.3, 0.4) is 0 Å². The number of amides is 1. The number of nitrogens with zero attached hydrogens (tertiary/aromatic N) is 2. The quantitative estimate of drug-likeness (QED) is 0.862. The predicted octanol–water partition coefficient (Wildman–Crippen LogP) is 3.06. The summed E-state index contributed by atoms with van der Waals surface area (Å²) in [4.78, 5) is 18.8. The number of carbonyl (C=O) groups excluding carboxylic acids is 1. The third kappa shape index (κ3) is 3.48. The molecule has 0 bridgehead atoms. The third-order valence-corrected chi connectivity index (χ3v) is 4.06. The molecule has 0 spiro atoms. The Morgan fingerprint density at radius 2 is 1.90 bits per heavy atom. The Labute approximate surface area is 125 Å². The molecule has 3 nitrogen and oxygen atoms in total. The summed E-state index contributed by atoms with van der Waals surface area (Å²) in [5, 5.41) is 0. The summed E-state index contributed by atoms with van der Waals surface area (Å²) in [6, 6.07) is 14.2. The first-order valence-electron chi connectivity index (χ1n) is 7.54. The Kier molecular flexibility index (Phi) is 4.29. The minimum atomic E-state index is 0.103. The van der Waals surface area contributed by atoms with E-state index in [2.05, 4.69) is 23.2 Å². The molecule has 0 N–H and O–H groups in total. The number of pyridine rings is 1. The molecule has 1 aliphatic rings. The molecule has 1 aliphatic heterocycles. The van der Waals surface area contributed by atoms with Gasteiger partial charge >= 0.3 is 0 Å². The van der Waals surface area contributed by atoms with E-state index in [9.17, 15) is 4.79 Å². The van der Waals surface area contributed by atoms with Crippen LogP contribution in [0.4, 0.5) is 0 Å². The highest BCUT2D eigenvalue weighted by Gasteiger charge is 2.28. The van der Waals surface area contributed by atoms with E-state index in [-0.39, 0.29) is 11.8 Å². The van der Waals surface area contributed by atoms with Crippen LogP contribution < -0.4 is 0 Å². The SMILES string of the molecule is O=C1C(Cc2cccnc2)CCCN1Cc1ccccc1. The molecule has 108 valence electrons. The van der Waals surface area contributed by atoms with Gasteiger partial charge in [0.1, 0.15) is 0 Å². The van der Waals surface area contributed by atoms with Gasteiger partial charge in [0, 0.05) is 31.4 Å². The van der Waals surface area contributed by atoms with E-state index in [1.165, 1.54) is 5.56 Å². The minimum Gasteiger partial charge on any atom is -0.338 e. The molecular formula is C18H20N2O. The van der Waals surface area contributed by atoms with Crippen molar-refractivity contribution in [2.24, 2.45) is 5.92 Å². The Morgan fingerprint density at radius 1 is 1.10 bits per heavy atom. The van der Waals surface area contributed by atoms with E-state index in [1.54, 1.807) is 6.20 Å². The lowest BCUT2D eigenvalue weighted by Crippen LogP contribution is -2.41. The van der Waals surface area contributed by atoms with Crippen LogP contribution in [0, 0.1) is 5.92 Å². The number of benzene rings is 1. The topological polar surface area (TPSA) is 33.2 Å². The summed E-state index contributed by atoms with van der Waals surface area (Å²) >= 11 is 0. The molecule has 1 aromatic heterocycles. The van der Waals surface area contributed by atoms with E-state index in [1.807, 2.05) is 35.4 Å². The lowest BCUT2D eigenvalue weighted by Gasteiger charge is -2.32. The first-order chi connectivity index (χ1) is 10.3. The van der Waals surface area contributed by atoms with Gasteiger partial charge in [0.2, 0.25) is 5.91 Å². The first kappa shape index (κ1) is 13.8. The fourth-order valence-electron chi connectivity index (χ4n) is 2.97. The second kappa shape index (κ2) is 6.53. The summed E-state index contributed by atoms with van der Waals surface area (Å²) in [5.41, 5.74) is 2.35. The number of hydrogen-bond donors (Lipinski definition) is 0. The van der Waals surface area contributed by atoms with Crippen LogP contribution in [0.15, 0.2) is 54.9 Å². The molecular weight excluding hydrogens is 260 g/mol. The fraction of sp³-hybridized carbons (Fsp3) is 0.333. The van der Waals surface area contributed by atoms with Crippen LogP contribution in [0.1, 0.15) is 24.0 Å². The molecule has 3 rings (SSSR count). The van der Waals surface area contributed by atoms with E-state index >= 15 is 0 Å². The maximum Gasteiger partial charge on any atom is 0.226 e. The smallest absolute Gasteiger partial charge is 0.226 e. The zero-order valence-corrected chi connectivity index (χ0v) is 12.1. The van der Waals surface area contributed by atoms with Crippen LogP contribution >= 0.6 is 0 Å². The van der Waals surface area contributed by atoms with Gasteiger partial charge in [0.15, 0.2) is 0 Å². The molecule has 3 heteroatoms. The van der Waals surface area contributed by atoms with Gasteiger partial charge in [-0.05, 0) is 36.5 Å². The largest absolute Gasteiger partial charge is 0.338 e. The maximum atomic E-state index is 12.6. The molecule has 2 heterocycles. The van der Waals surface area contributed by atoms with Crippen molar-refractivity contribution in [3.8, 4) is 0 Å². The van der Waals surface area contributed by atoms with Gasteiger partial charge in [-0.3, -0.25) is 9.78 Å². The lowest BCUT2D eigenvalue weighted by molar-refractivity contribution is -0.139. The molecule has 0 saturated carbocycles. The van der Waals surface area contributed by atoms with Gasteiger partial charge in [-0.1, -0.05) is 36.4 Å². The van der Waals surface area contributed by atoms with Crippen molar-refractivity contribution in [3.05, 3.63) is 66.0 Å². The summed E-state index contributed by atoms with van der Waals surface area (Å²) in [6.07, 6.45) is 6.51. The molecule has 0 radical (unpaired) electrons. The van der Waals surface area contributed by atoms with E-state index in [0.717, 1.165) is 37.9 Å². The van der Waals surface area contributed by atoms with E-state index < -0.39 is 0 Å². The number of piperidine rings is 1. The lowest BCUT2D eigenvalue weighted by atomic mass is 9.91. The standard InChI is InChI=1S/C18H20N2O/c21-18-17(12-16-8-4-10-19-13-16)9-5-11-20(18)14-15-6-2-1-3-7-15/h1-4,6-8,10,13,17H,5,9,11-12,14H2. The maximum absolute atomic E-state index is 12.6. The molecule has 1 saturated heterocycles. The van der Waals surface area contributed by atoms with Crippen LogP contribution in [-0.2, 0) is 17.8 Å². The molecule has 1 fully saturated rings. The fourth-order valence-corrected chi connectivity index (χ4v) is 2.97. The average Bonchev–Trinajstić information content (AvgIpc) is 2.53. The number of likely N-dealkylation sites (tertiary alicyclic amines) is 1. The van der Waals surface area contributed by atoms with Crippen LogP contribution in [0.5, 0.6) is 0 Å². The second-order valence-electron chi connectivity index (χ2n) is 5.65. The molecule has 1 amide bonds. The molecule has 0 aliphatic carbocycles. The molecule has 1 atom stereocenters. The highest BCUT2D eigenvalue weighted by Crippen LogP contribution is 2.23. The summed E-state index contributed by atoms with van der Waals surface area (Å²) in [6.45, 7) is 1.60. The van der Waals surface area contributed by atoms with Gasteiger partial charge in [0.25, 0.3) is 0 Å². The van der Waals surface area contributed by atoms with E-state index in [0.29, 0.717) is 0 Å². The molecule has 21 heavy (non-hydrogen) atoms. The first-order valence-corrected chi connectivity index (χ1v) is 7.54. The van der Waals surface area contributed by atoms with Crippen molar-refractivity contribution in [1.29, 1.82) is 0 Å². The zero-order chi connectivity index (χ0) is 14.5. The molecule has 2 aromatic rings. The van der Waals surface area contributed by atoms with Crippen molar-refractivity contribution in [2.45, 2.75) is 25.8 Å². The normalized spacial score (nSPS) is 18.8. The van der Waals surface area contributed by atoms with Crippen LogP contribution in [0.2, 0.25) is 0 Å². The number of carbonyl (C=O) groups is 1. The van der Waals surface area contributed by atoms with Crippen LogP contribution in [-0.4, -0.2) is 22.3 Å². The monoisotopic (exact) mass is 280 g/mol. The third-order valence-electron chi connectivity index (χ3n) is 4.06. The van der Waals surface area contributed by atoms with Crippen LogP contribution in [0.25, 0.3) is 0 Å². The van der Waals surface area contributed by atoms with Crippen molar-refractivity contribution in [2.75, 3.05) is 6.54 Å². The second-order valence-corrected chi connectivity index (χ2v) is 5.65. The number of hydrogen-bond acceptors (Lipinski definition) is 2. The highest BCUT2D eigenvalue weighted by atomic mass is 16.2. The van der Waals surface area contributed by atoms with Crippen molar-refractivity contribution in [1.82, 2.24) is 9.88 Å². The Morgan fingerprint density at radius 3 is 2.67 bits per heavy atom. The average molecular weight is 280 g/mol. The van der Waals surface area contributed by atoms with Gasteiger partial charge in [-0.25, -0.2) is 0 Å². The van der Waals surface area contributed by atoms with Gasteiger partial charge in [-0.2, -0.15) is 0 Å². The number of rotatable bonds is 4. The minimum absolute atomic E-state index is 0.103. The molecule has 1 aromatic carbocycles. The summed E-state index contributed by atoms with van der Waals surface area (Å²) in [5.74, 6) is 0.389. The Hall–Kier alpha value is -2.16. The summed E-state index contributed by atoms with van der Waals surface area (Å²) in [7, 11) is 0. The van der Waals surface area contributed by atoms with Gasteiger partial charge in [-0.15, -0.1) is 0 Å². The van der Waals surface area contributed by atoms with Crippen molar-refractivity contribution >= 4 is 5.91 Å². The highest BCUT2D eigenvalue weighted by molar-refractivity contribution is 5.79. The Bertz CT molecular complexity index is 531. The van der Waals surface area contributed by atoms with Crippen molar-refractivity contribution in [3.63, 3.8) is 0 Å². The van der Waals surface area contributed by atoms with Gasteiger partial charge in [0.05, 0.1) is 0 Å². The Balaban J connectivity index is 1.66. The van der Waals surface area contributed by atoms with Gasteiger partial charge < -0.3 is 4.90 Å². The zero-order valence-electron chi connectivity index (χ0n) is 12.1. The van der Waals surface area contributed by atoms with E-state index in [4.69, 9.17) is 0 Å². The molecule has 1 unspecified atom stereocenters.